The zero-order valence-electron chi connectivity index (χ0n) is 18.9. The standard InChI is InChI=1S/C24H18Cl2N4O5S/c1-3-35-23(34)19-12(2)27-24(36-19)29-20(31)13-5-4-6-15(11-13)28-18-17(26)21(32)30(22(18)33)16-9-7-14(25)8-10-16/h4-11,28H,3H2,1-2H3,(H,27,29,31). The summed E-state index contributed by atoms with van der Waals surface area (Å²) >= 11 is 13.1. The monoisotopic (exact) mass is 544 g/mol. The number of esters is 1. The number of imide groups is 1. The minimum Gasteiger partial charge on any atom is -0.462 e. The summed E-state index contributed by atoms with van der Waals surface area (Å²) < 4.78 is 4.99. The van der Waals surface area contributed by atoms with E-state index in [-0.39, 0.29) is 28.0 Å². The first kappa shape index (κ1) is 25.4. The van der Waals surface area contributed by atoms with Crippen LogP contribution in [0.5, 0.6) is 0 Å². The Morgan fingerprint density at radius 3 is 2.50 bits per heavy atom. The lowest BCUT2D eigenvalue weighted by Gasteiger charge is -2.15. The highest BCUT2D eigenvalue weighted by Crippen LogP contribution is 2.31. The van der Waals surface area contributed by atoms with Gasteiger partial charge in [-0.1, -0.05) is 40.6 Å². The van der Waals surface area contributed by atoms with Crippen LogP contribution in [0.3, 0.4) is 0 Å². The molecular formula is C24H18Cl2N4O5S. The summed E-state index contributed by atoms with van der Waals surface area (Å²) in [6.45, 7) is 3.57. The molecule has 3 amide bonds. The molecule has 3 aromatic rings. The largest absolute Gasteiger partial charge is 0.462 e. The van der Waals surface area contributed by atoms with Crippen molar-refractivity contribution in [1.82, 2.24) is 4.98 Å². The minimum absolute atomic E-state index is 0.121. The number of amides is 3. The van der Waals surface area contributed by atoms with E-state index in [9.17, 15) is 19.2 Å². The predicted molar refractivity (Wildman–Crippen MR) is 138 cm³/mol. The molecule has 4 rings (SSSR count). The first-order valence-electron chi connectivity index (χ1n) is 10.6. The van der Waals surface area contributed by atoms with Crippen LogP contribution in [0.2, 0.25) is 5.02 Å². The van der Waals surface area contributed by atoms with Crippen LogP contribution in [0.1, 0.15) is 32.6 Å². The number of rotatable bonds is 7. The molecule has 0 radical (unpaired) electrons. The normalized spacial score (nSPS) is 13.3. The zero-order chi connectivity index (χ0) is 26.0. The lowest BCUT2D eigenvalue weighted by Crippen LogP contribution is -2.32. The molecule has 0 spiro atoms. The topological polar surface area (TPSA) is 118 Å². The Morgan fingerprint density at radius 1 is 1.08 bits per heavy atom. The van der Waals surface area contributed by atoms with E-state index in [4.69, 9.17) is 27.9 Å². The second-order valence-electron chi connectivity index (χ2n) is 7.43. The number of ether oxygens (including phenoxy) is 1. The number of aryl methyl sites for hydroxylation is 1. The molecule has 0 aliphatic carbocycles. The van der Waals surface area contributed by atoms with E-state index in [2.05, 4.69) is 15.6 Å². The van der Waals surface area contributed by atoms with E-state index in [0.29, 0.717) is 27.0 Å². The maximum absolute atomic E-state index is 13.0. The second-order valence-corrected chi connectivity index (χ2v) is 9.24. The average molecular weight is 545 g/mol. The lowest BCUT2D eigenvalue weighted by molar-refractivity contribution is -0.120. The number of halogens is 2. The van der Waals surface area contributed by atoms with Gasteiger partial charge in [-0.05, 0) is 56.3 Å². The summed E-state index contributed by atoms with van der Waals surface area (Å²) in [6.07, 6.45) is 0. The summed E-state index contributed by atoms with van der Waals surface area (Å²) in [6, 6.07) is 12.4. The highest BCUT2D eigenvalue weighted by atomic mass is 35.5. The summed E-state index contributed by atoms with van der Waals surface area (Å²) in [7, 11) is 0. The fourth-order valence-electron chi connectivity index (χ4n) is 3.32. The fourth-order valence-corrected chi connectivity index (χ4v) is 4.52. The van der Waals surface area contributed by atoms with Crippen LogP contribution >= 0.6 is 34.5 Å². The summed E-state index contributed by atoms with van der Waals surface area (Å²) in [5, 5.41) is 5.90. The van der Waals surface area contributed by atoms with Gasteiger partial charge < -0.3 is 10.1 Å². The number of carbonyl (C=O) groups excluding carboxylic acids is 4. The van der Waals surface area contributed by atoms with Gasteiger partial charge in [0.05, 0.1) is 18.0 Å². The molecule has 0 unspecified atom stereocenters. The van der Waals surface area contributed by atoms with Gasteiger partial charge in [0.15, 0.2) is 5.13 Å². The van der Waals surface area contributed by atoms with Crippen molar-refractivity contribution in [2.24, 2.45) is 0 Å². The molecule has 2 N–H and O–H groups in total. The second kappa shape index (κ2) is 10.5. The molecule has 1 aliphatic rings. The minimum atomic E-state index is -0.683. The van der Waals surface area contributed by atoms with Crippen LogP contribution in [-0.4, -0.2) is 35.3 Å². The van der Waals surface area contributed by atoms with Gasteiger partial charge >= 0.3 is 5.97 Å². The molecule has 0 atom stereocenters. The number of nitrogens with one attached hydrogen (secondary N) is 2. The van der Waals surface area contributed by atoms with Crippen LogP contribution in [0.15, 0.2) is 59.3 Å². The third kappa shape index (κ3) is 5.11. The van der Waals surface area contributed by atoms with E-state index in [1.807, 2.05) is 0 Å². The van der Waals surface area contributed by atoms with Crippen LogP contribution < -0.4 is 15.5 Å². The molecule has 2 aromatic carbocycles. The van der Waals surface area contributed by atoms with Crippen molar-refractivity contribution < 1.29 is 23.9 Å². The molecule has 0 saturated carbocycles. The molecule has 9 nitrogen and oxygen atoms in total. The van der Waals surface area contributed by atoms with Crippen LogP contribution in [0, 0.1) is 6.92 Å². The third-order valence-electron chi connectivity index (χ3n) is 4.98. The average Bonchev–Trinajstić information content (AvgIpc) is 3.32. The Morgan fingerprint density at radius 2 is 1.81 bits per heavy atom. The van der Waals surface area contributed by atoms with E-state index in [0.717, 1.165) is 16.2 Å². The number of hydrogen-bond donors (Lipinski definition) is 2. The van der Waals surface area contributed by atoms with Crippen molar-refractivity contribution in [3.63, 3.8) is 0 Å². The molecule has 0 fully saturated rings. The molecule has 12 heteroatoms. The first-order chi connectivity index (χ1) is 17.2. The van der Waals surface area contributed by atoms with Crippen molar-refractivity contribution >= 4 is 74.7 Å². The maximum atomic E-state index is 13.0. The predicted octanol–water partition coefficient (Wildman–Crippen LogP) is 4.97. The van der Waals surface area contributed by atoms with Gasteiger partial charge in [0.1, 0.15) is 15.6 Å². The van der Waals surface area contributed by atoms with Gasteiger partial charge in [0.2, 0.25) is 0 Å². The van der Waals surface area contributed by atoms with E-state index < -0.39 is 23.7 Å². The number of thiazole rings is 1. The van der Waals surface area contributed by atoms with Crippen molar-refractivity contribution in [2.75, 3.05) is 22.1 Å². The van der Waals surface area contributed by atoms with Gasteiger partial charge in [-0.2, -0.15) is 0 Å². The molecule has 184 valence electrons. The fraction of sp³-hybridized carbons (Fsp3) is 0.125. The molecule has 1 aliphatic heterocycles. The highest BCUT2D eigenvalue weighted by molar-refractivity contribution is 7.17. The number of hydrogen-bond acceptors (Lipinski definition) is 8. The van der Waals surface area contributed by atoms with E-state index in [1.54, 1.807) is 44.2 Å². The molecule has 36 heavy (non-hydrogen) atoms. The van der Waals surface area contributed by atoms with Gasteiger partial charge in [0, 0.05) is 16.3 Å². The summed E-state index contributed by atoms with van der Waals surface area (Å²) in [5.41, 5.74) is 1.24. The highest BCUT2D eigenvalue weighted by Gasteiger charge is 2.39. The van der Waals surface area contributed by atoms with Crippen molar-refractivity contribution in [2.45, 2.75) is 13.8 Å². The SMILES string of the molecule is CCOC(=O)c1sc(NC(=O)c2cccc(NC3=C(Cl)C(=O)N(c4ccc(Cl)cc4)C3=O)c2)nc1C. The van der Waals surface area contributed by atoms with Crippen LogP contribution in [0.4, 0.5) is 16.5 Å². The van der Waals surface area contributed by atoms with E-state index in [1.165, 1.54) is 18.2 Å². The maximum Gasteiger partial charge on any atom is 0.350 e. The number of nitrogens with zero attached hydrogens (tertiary/aromatic N) is 2. The number of aromatic nitrogens is 1. The molecule has 0 saturated heterocycles. The summed E-state index contributed by atoms with van der Waals surface area (Å²) in [5.74, 6) is -2.32. The number of anilines is 3. The van der Waals surface area contributed by atoms with Gasteiger partial charge in [-0.3, -0.25) is 19.7 Å². The Bertz CT molecular complexity index is 1420. The Hall–Kier alpha value is -3.73. The molecule has 0 bridgehead atoms. The van der Waals surface area contributed by atoms with Crippen molar-refractivity contribution in [3.8, 4) is 0 Å². The molecule has 2 heterocycles. The first-order valence-corrected chi connectivity index (χ1v) is 12.1. The number of carbonyl (C=O) groups is 4. The van der Waals surface area contributed by atoms with Gasteiger partial charge in [-0.15, -0.1) is 0 Å². The van der Waals surface area contributed by atoms with Crippen LogP contribution in [-0.2, 0) is 14.3 Å². The summed E-state index contributed by atoms with van der Waals surface area (Å²) in [4.78, 5) is 55.8. The smallest absolute Gasteiger partial charge is 0.350 e. The van der Waals surface area contributed by atoms with Gasteiger partial charge in [-0.25, -0.2) is 14.7 Å². The van der Waals surface area contributed by atoms with Crippen LogP contribution in [0.25, 0.3) is 0 Å². The Balaban J connectivity index is 1.50. The lowest BCUT2D eigenvalue weighted by atomic mass is 10.2. The quantitative estimate of drug-likeness (QED) is 0.318. The Labute approximate surface area is 219 Å². The van der Waals surface area contributed by atoms with Gasteiger partial charge in [0.25, 0.3) is 17.7 Å². The molecule has 1 aromatic heterocycles. The van der Waals surface area contributed by atoms with Crippen molar-refractivity contribution in [1.29, 1.82) is 0 Å². The zero-order valence-corrected chi connectivity index (χ0v) is 21.3. The Kier molecular flexibility index (Phi) is 7.39. The van der Waals surface area contributed by atoms with E-state index >= 15 is 0 Å². The molecular weight excluding hydrogens is 527 g/mol. The number of benzene rings is 2. The third-order valence-corrected chi connectivity index (χ3v) is 6.64. The van der Waals surface area contributed by atoms with Crippen molar-refractivity contribution in [3.05, 3.63) is 80.4 Å².